The van der Waals surface area contributed by atoms with Crippen molar-refractivity contribution in [2.75, 3.05) is 0 Å². The summed E-state index contributed by atoms with van der Waals surface area (Å²) in [5, 5.41) is 2.51. The van der Waals surface area contributed by atoms with E-state index < -0.39 is 0 Å². The Morgan fingerprint density at radius 2 is 1.79 bits per heavy atom. The van der Waals surface area contributed by atoms with Crippen LogP contribution < -0.4 is 10.4 Å². The van der Waals surface area contributed by atoms with Crippen LogP contribution in [-0.4, -0.2) is 0 Å². The van der Waals surface area contributed by atoms with E-state index >= 15 is 0 Å². The van der Waals surface area contributed by atoms with E-state index in [1.54, 1.807) is 0 Å². The second-order valence-corrected chi connectivity index (χ2v) is 2.82. The Labute approximate surface area is 87.3 Å². The Hall–Kier alpha value is -1.30. The van der Waals surface area contributed by atoms with Gasteiger partial charge in [0.2, 0.25) is 0 Å². The van der Waals surface area contributed by atoms with Gasteiger partial charge in [0, 0.05) is 0 Å². The van der Waals surface area contributed by atoms with Crippen LogP contribution in [0.3, 0.4) is 0 Å². The maximum absolute atomic E-state index is 3.68. The molecule has 0 radical (unpaired) electrons. The quantitative estimate of drug-likeness (QED) is 0.635. The fourth-order valence-corrected chi connectivity index (χ4v) is 1.22. The fourth-order valence-electron chi connectivity index (χ4n) is 1.22. The number of aryl methyl sites for hydroxylation is 1. The average Bonchev–Trinajstić information content (AvgIpc) is 2.24. The van der Waals surface area contributed by atoms with Gasteiger partial charge in [-0.25, -0.2) is 0 Å². The minimum absolute atomic E-state index is 1.23. The van der Waals surface area contributed by atoms with E-state index in [1.165, 1.54) is 16.0 Å². The van der Waals surface area contributed by atoms with Crippen LogP contribution in [0.1, 0.15) is 26.3 Å². The van der Waals surface area contributed by atoms with Gasteiger partial charge in [-0.15, -0.1) is 0 Å². The molecule has 0 heteroatoms. The first-order valence-electron chi connectivity index (χ1n) is 5.13. The highest BCUT2D eigenvalue weighted by Gasteiger charge is 1.84. The summed E-state index contributed by atoms with van der Waals surface area (Å²) in [6.45, 7) is 11.8. The van der Waals surface area contributed by atoms with Crippen molar-refractivity contribution in [2.45, 2.75) is 27.7 Å². The monoisotopic (exact) mass is 188 g/mol. The lowest BCUT2D eigenvalue weighted by atomic mass is 10.1. The van der Waals surface area contributed by atoms with Crippen LogP contribution >= 0.6 is 0 Å². The lowest BCUT2D eigenvalue weighted by Gasteiger charge is -1.92. The van der Waals surface area contributed by atoms with E-state index in [1.807, 2.05) is 26.0 Å². The van der Waals surface area contributed by atoms with E-state index in [-0.39, 0.29) is 0 Å². The number of hydrogen-bond donors (Lipinski definition) is 0. The largest absolute Gasteiger partial charge is 0.0990 e. The molecule has 0 fully saturated rings. The summed E-state index contributed by atoms with van der Waals surface area (Å²) in [5.41, 5.74) is 1.30. The molecule has 0 nitrogen and oxygen atoms in total. The highest BCUT2D eigenvalue weighted by molar-refractivity contribution is 5.39. The Morgan fingerprint density at radius 1 is 1.14 bits per heavy atom. The Kier molecular flexibility index (Phi) is 6.47. The van der Waals surface area contributed by atoms with E-state index in [0.717, 1.165) is 0 Å². The zero-order chi connectivity index (χ0) is 11.0. The Balaban J connectivity index is 0.000000791. The predicted molar refractivity (Wildman–Crippen MR) is 66.6 cm³/mol. The van der Waals surface area contributed by atoms with Gasteiger partial charge in [-0.1, -0.05) is 62.4 Å². The van der Waals surface area contributed by atoms with Gasteiger partial charge in [-0.2, -0.15) is 0 Å². The van der Waals surface area contributed by atoms with Gasteiger partial charge in [0.05, 0.1) is 0 Å². The third-order valence-electron chi connectivity index (χ3n) is 1.85. The standard InChI is InChI=1S/C12H14.C2H6/c1-4-6-12-8-7-10(3)9-11(12)5-2;1-2/h4-9H,1H2,2-3H3;1-2H3/b11-5-,12-6-;. The molecule has 0 bridgehead atoms. The normalized spacial score (nSPS) is 12.0. The van der Waals surface area contributed by atoms with Gasteiger partial charge < -0.3 is 0 Å². The summed E-state index contributed by atoms with van der Waals surface area (Å²) in [6.07, 6.45) is 5.95. The molecular weight excluding hydrogens is 168 g/mol. The van der Waals surface area contributed by atoms with Crippen LogP contribution in [0, 0.1) is 6.92 Å². The van der Waals surface area contributed by atoms with Crippen LogP contribution in [0.5, 0.6) is 0 Å². The van der Waals surface area contributed by atoms with E-state index in [4.69, 9.17) is 0 Å². The summed E-state index contributed by atoms with van der Waals surface area (Å²) in [6, 6.07) is 6.41. The van der Waals surface area contributed by atoms with Crippen molar-refractivity contribution in [2.24, 2.45) is 0 Å². The van der Waals surface area contributed by atoms with E-state index in [9.17, 15) is 0 Å². The predicted octanol–water partition coefficient (Wildman–Crippen LogP) is 2.79. The molecule has 14 heavy (non-hydrogen) atoms. The number of hydrogen-bond acceptors (Lipinski definition) is 0. The van der Waals surface area contributed by atoms with Gasteiger partial charge in [-0.3, -0.25) is 0 Å². The van der Waals surface area contributed by atoms with Gasteiger partial charge in [-0.05, 0) is 24.3 Å². The minimum atomic E-state index is 1.23. The van der Waals surface area contributed by atoms with Crippen molar-refractivity contribution in [3.63, 3.8) is 0 Å². The van der Waals surface area contributed by atoms with Gasteiger partial charge in [0.1, 0.15) is 0 Å². The summed E-state index contributed by atoms with van der Waals surface area (Å²) in [5.74, 6) is 0. The second-order valence-electron chi connectivity index (χ2n) is 2.82. The lowest BCUT2D eigenvalue weighted by molar-refractivity contribution is 1.40. The van der Waals surface area contributed by atoms with Crippen LogP contribution in [0.15, 0.2) is 30.9 Å². The van der Waals surface area contributed by atoms with E-state index in [0.29, 0.717) is 0 Å². The van der Waals surface area contributed by atoms with Crippen molar-refractivity contribution < 1.29 is 0 Å². The van der Waals surface area contributed by atoms with Crippen molar-refractivity contribution in [3.05, 3.63) is 46.9 Å². The molecular formula is C14H20. The van der Waals surface area contributed by atoms with Crippen LogP contribution in [0.2, 0.25) is 0 Å². The molecule has 0 spiro atoms. The molecule has 1 aromatic carbocycles. The molecule has 0 aliphatic rings. The molecule has 76 valence electrons. The zero-order valence-corrected chi connectivity index (χ0v) is 9.67. The SMILES string of the molecule is C=C/C=c1/ccc(C)c/c1=C/C.CC. The molecule has 0 unspecified atom stereocenters. The summed E-state index contributed by atoms with van der Waals surface area (Å²) in [4.78, 5) is 0. The molecule has 0 saturated heterocycles. The number of benzene rings is 1. The molecule has 0 atom stereocenters. The topological polar surface area (TPSA) is 0 Å². The molecule has 0 aliphatic heterocycles. The second kappa shape index (κ2) is 7.14. The van der Waals surface area contributed by atoms with Crippen molar-refractivity contribution in [1.29, 1.82) is 0 Å². The molecule has 0 aliphatic carbocycles. The summed E-state index contributed by atoms with van der Waals surface area (Å²) < 4.78 is 0. The molecule has 0 heterocycles. The first-order valence-corrected chi connectivity index (χ1v) is 5.13. The fraction of sp³-hybridized carbons (Fsp3) is 0.286. The molecule has 1 aromatic rings. The van der Waals surface area contributed by atoms with Crippen molar-refractivity contribution in [1.82, 2.24) is 0 Å². The van der Waals surface area contributed by atoms with Crippen molar-refractivity contribution in [3.8, 4) is 0 Å². The first kappa shape index (κ1) is 12.7. The molecule has 0 saturated carbocycles. The van der Waals surface area contributed by atoms with Crippen LogP contribution in [0.4, 0.5) is 0 Å². The first-order chi connectivity index (χ1) is 6.77. The van der Waals surface area contributed by atoms with Gasteiger partial charge in [0.15, 0.2) is 0 Å². The lowest BCUT2D eigenvalue weighted by Crippen LogP contribution is -2.23. The Morgan fingerprint density at radius 3 is 2.29 bits per heavy atom. The maximum atomic E-state index is 3.68. The summed E-state index contributed by atoms with van der Waals surface area (Å²) >= 11 is 0. The third kappa shape index (κ3) is 3.61. The van der Waals surface area contributed by atoms with E-state index in [2.05, 4.69) is 44.7 Å². The molecule has 1 rings (SSSR count). The highest BCUT2D eigenvalue weighted by atomic mass is 13.9. The maximum Gasteiger partial charge on any atom is -0.0187 e. The highest BCUT2D eigenvalue weighted by Crippen LogP contribution is 1.86. The van der Waals surface area contributed by atoms with Gasteiger partial charge >= 0.3 is 0 Å². The average molecular weight is 188 g/mol. The minimum Gasteiger partial charge on any atom is -0.0990 e. The summed E-state index contributed by atoms with van der Waals surface area (Å²) in [7, 11) is 0. The number of rotatable bonds is 1. The van der Waals surface area contributed by atoms with Crippen LogP contribution in [0.25, 0.3) is 12.2 Å². The van der Waals surface area contributed by atoms with Crippen LogP contribution in [-0.2, 0) is 0 Å². The molecule has 0 N–H and O–H groups in total. The number of allylic oxidation sites excluding steroid dienone is 1. The Bertz CT molecular complexity index is 383. The van der Waals surface area contributed by atoms with Gasteiger partial charge in [0.25, 0.3) is 0 Å². The molecule has 0 amide bonds. The van der Waals surface area contributed by atoms with Crippen molar-refractivity contribution >= 4 is 12.2 Å². The smallest absolute Gasteiger partial charge is 0.0187 e. The third-order valence-corrected chi connectivity index (χ3v) is 1.85. The molecule has 0 aromatic heterocycles. The zero-order valence-electron chi connectivity index (χ0n) is 9.67.